The van der Waals surface area contributed by atoms with Crippen LogP contribution in [0.5, 0.6) is 0 Å². The lowest BCUT2D eigenvalue weighted by molar-refractivity contribution is 0.0865. The zero-order valence-electron chi connectivity index (χ0n) is 11.5. The van der Waals surface area contributed by atoms with Crippen LogP contribution in [0.2, 0.25) is 0 Å². The third-order valence-electron chi connectivity index (χ3n) is 3.57. The van der Waals surface area contributed by atoms with Gasteiger partial charge in [0.25, 0.3) is 0 Å². The zero-order chi connectivity index (χ0) is 13.9. The van der Waals surface area contributed by atoms with Crippen LogP contribution in [0, 0.1) is 6.92 Å². The first-order valence-corrected chi connectivity index (χ1v) is 7.87. The van der Waals surface area contributed by atoms with Crippen LogP contribution in [-0.4, -0.2) is 17.2 Å². The van der Waals surface area contributed by atoms with Crippen LogP contribution in [0.1, 0.15) is 37.1 Å². The Morgan fingerprint density at radius 2 is 2.15 bits per heavy atom. The number of carbonyl (C=O) groups excluding carboxylic acids is 1. The molecule has 106 valence electrons. The Hall–Kier alpha value is -1.62. The highest BCUT2D eigenvalue weighted by molar-refractivity contribution is 7.18. The first-order chi connectivity index (χ1) is 9.70. The lowest BCUT2D eigenvalue weighted by Gasteiger charge is -2.21. The molecule has 0 radical (unpaired) electrons. The van der Waals surface area contributed by atoms with Crippen molar-refractivity contribution in [3.63, 3.8) is 0 Å². The van der Waals surface area contributed by atoms with Gasteiger partial charge in [-0.2, -0.15) is 0 Å². The molecule has 0 atom stereocenters. The SMILES string of the molecule is Cc1nc2cc(NC(=O)OC3CCCCC3)ccc2s1. The fourth-order valence-corrected chi connectivity index (χ4v) is 3.41. The summed E-state index contributed by atoms with van der Waals surface area (Å²) in [5.41, 5.74) is 1.66. The molecule has 1 amide bonds. The highest BCUT2D eigenvalue weighted by atomic mass is 32.1. The van der Waals surface area contributed by atoms with Crippen molar-refractivity contribution in [2.75, 3.05) is 5.32 Å². The van der Waals surface area contributed by atoms with Gasteiger partial charge in [-0.05, 0) is 50.8 Å². The molecule has 1 saturated carbocycles. The molecule has 1 aliphatic carbocycles. The van der Waals surface area contributed by atoms with Crippen LogP contribution in [0.3, 0.4) is 0 Å². The standard InChI is InChI=1S/C15H18N2O2S/c1-10-16-13-9-11(7-8-14(13)20-10)17-15(18)19-12-5-3-2-4-6-12/h7-9,12H,2-6H2,1H3,(H,17,18). The number of ether oxygens (including phenoxy) is 1. The van der Waals surface area contributed by atoms with Crippen molar-refractivity contribution in [1.29, 1.82) is 0 Å². The summed E-state index contributed by atoms with van der Waals surface area (Å²) in [5.74, 6) is 0. The van der Waals surface area contributed by atoms with Gasteiger partial charge in [0.15, 0.2) is 0 Å². The molecule has 0 bridgehead atoms. The Morgan fingerprint density at radius 3 is 2.95 bits per heavy atom. The molecule has 20 heavy (non-hydrogen) atoms. The quantitative estimate of drug-likeness (QED) is 0.886. The van der Waals surface area contributed by atoms with Crippen molar-refractivity contribution < 1.29 is 9.53 Å². The van der Waals surface area contributed by atoms with E-state index in [1.807, 2.05) is 25.1 Å². The number of carbonyl (C=O) groups is 1. The van der Waals surface area contributed by atoms with Gasteiger partial charge >= 0.3 is 6.09 Å². The van der Waals surface area contributed by atoms with E-state index in [2.05, 4.69) is 10.3 Å². The molecule has 0 unspecified atom stereocenters. The summed E-state index contributed by atoms with van der Waals surface area (Å²) < 4.78 is 6.58. The highest BCUT2D eigenvalue weighted by Gasteiger charge is 2.17. The number of benzene rings is 1. The minimum absolute atomic E-state index is 0.0778. The van der Waals surface area contributed by atoms with Gasteiger partial charge in [0, 0.05) is 5.69 Å². The van der Waals surface area contributed by atoms with Crippen molar-refractivity contribution in [2.24, 2.45) is 0 Å². The second-order valence-electron chi connectivity index (χ2n) is 5.21. The molecule has 1 aromatic heterocycles. The third-order valence-corrected chi connectivity index (χ3v) is 4.52. The fraction of sp³-hybridized carbons (Fsp3) is 0.467. The Bertz CT molecular complexity index is 617. The summed E-state index contributed by atoms with van der Waals surface area (Å²) in [5, 5.41) is 3.82. The van der Waals surface area contributed by atoms with E-state index < -0.39 is 0 Å². The number of hydrogen-bond donors (Lipinski definition) is 1. The molecule has 3 rings (SSSR count). The van der Waals surface area contributed by atoms with Crippen LogP contribution in [0.25, 0.3) is 10.2 Å². The van der Waals surface area contributed by atoms with Gasteiger partial charge in [0.05, 0.1) is 15.2 Å². The monoisotopic (exact) mass is 290 g/mol. The predicted octanol–water partition coefficient (Wildman–Crippen LogP) is 4.49. The number of hydrogen-bond acceptors (Lipinski definition) is 4. The van der Waals surface area contributed by atoms with Crippen LogP contribution in [0.4, 0.5) is 10.5 Å². The number of nitrogens with one attached hydrogen (secondary N) is 1. The Balaban J connectivity index is 1.64. The molecule has 2 aromatic rings. The maximum absolute atomic E-state index is 11.9. The molecular formula is C15H18N2O2S. The van der Waals surface area contributed by atoms with Crippen molar-refractivity contribution in [2.45, 2.75) is 45.1 Å². The normalized spacial score (nSPS) is 16.2. The van der Waals surface area contributed by atoms with Gasteiger partial charge in [0.2, 0.25) is 0 Å². The molecule has 1 heterocycles. The van der Waals surface area contributed by atoms with E-state index in [-0.39, 0.29) is 12.2 Å². The number of anilines is 1. The first kappa shape index (κ1) is 13.4. The zero-order valence-corrected chi connectivity index (χ0v) is 12.3. The molecule has 5 heteroatoms. The van der Waals surface area contributed by atoms with E-state index in [0.717, 1.165) is 46.6 Å². The largest absolute Gasteiger partial charge is 0.446 e. The van der Waals surface area contributed by atoms with Crippen molar-refractivity contribution in [3.05, 3.63) is 23.2 Å². The predicted molar refractivity (Wildman–Crippen MR) is 81.3 cm³/mol. The summed E-state index contributed by atoms with van der Waals surface area (Å²) in [4.78, 5) is 16.3. The summed E-state index contributed by atoms with van der Waals surface area (Å²) in [6.45, 7) is 1.98. The van der Waals surface area contributed by atoms with E-state index in [1.54, 1.807) is 11.3 Å². The van der Waals surface area contributed by atoms with Crippen LogP contribution in [-0.2, 0) is 4.74 Å². The Labute approximate surface area is 122 Å². The Morgan fingerprint density at radius 1 is 1.35 bits per heavy atom. The van der Waals surface area contributed by atoms with E-state index in [9.17, 15) is 4.79 Å². The average molecular weight is 290 g/mol. The second kappa shape index (κ2) is 5.79. The lowest BCUT2D eigenvalue weighted by Crippen LogP contribution is -2.24. The van der Waals surface area contributed by atoms with Gasteiger partial charge in [-0.25, -0.2) is 9.78 Å². The number of aryl methyl sites for hydroxylation is 1. The topological polar surface area (TPSA) is 51.2 Å². The molecular weight excluding hydrogens is 272 g/mol. The van der Waals surface area contributed by atoms with Crippen molar-refractivity contribution in [1.82, 2.24) is 4.98 Å². The lowest BCUT2D eigenvalue weighted by atomic mass is 9.98. The molecule has 4 nitrogen and oxygen atoms in total. The van der Waals surface area contributed by atoms with Crippen LogP contribution < -0.4 is 5.32 Å². The summed E-state index contributed by atoms with van der Waals surface area (Å²) >= 11 is 1.65. The molecule has 1 N–H and O–H groups in total. The van der Waals surface area contributed by atoms with Crippen molar-refractivity contribution in [3.8, 4) is 0 Å². The number of nitrogens with zero attached hydrogens (tertiary/aromatic N) is 1. The van der Waals surface area contributed by atoms with Crippen molar-refractivity contribution >= 4 is 33.3 Å². The summed E-state index contributed by atoms with van der Waals surface area (Å²) in [7, 11) is 0. The summed E-state index contributed by atoms with van der Waals surface area (Å²) in [6.07, 6.45) is 5.25. The van der Waals surface area contributed by atoms with Gasteiger partial charge in [-0.1, -0.05) is 6.42 Å². The maximum Gasteiger partial charge on any atom is 0.411 e. The Kier molecular flexibility index (Phi) is 3.87. The third kappa shape index (κ3) is 3.10. The average Bonchev–Trinajstić information content (AvgIpc) is 2.79. The van der Waals surface area contributed by atoms with Gasteiger partial charge in [0.1, 0.15) is 6.10 Å². The molecule has 0 aliphatic heterocycles. The van der Waals surface area contributed by atoms with Crippen LogP contribution >= 0.6 is 11.3 Å². The smallest absolute Gasteiger partial charge is 0.411 e. The molecule has 0 spiro atoms. The molecule has 1 fully saturated rings. The van der Waals surface area contributed by atoms with Crippen LogP contribution in [0.15, 0.2) is 18.2 Å². The molecule has 1 aromatic carbocycles. The van der Waals surface area contributed by atoms with E-state index in [0.29, 0.717) is 0 Å². The van der Waals surface area contributed by atoms with Gasteiger partial charge in [-0.3, -0.25) is 5.32 Å². The number of aromatic nitrogens is 1. The first-order valence-electron chi connectivity index (χ1n) is 7.05. The van der Waals surface area contributed by atoms with Gasteiger partial charge in [-0.15, -0.1) is 11.3 Å². The fourth-order valence-electron chi connectivity index (χ4n) is 2.60. The van der Waals surface area contributed by atoms with E-state index >= 15 is 0 Å². The summed E-state index contributed by atoms with van der Waals surface area (Å²) in [6, 6.07) is 5.76. The minimum Gasteiger partial charge on any atom is -0.446 e. The maximum atomic E-state index is 11.9. The molecule has 1 aliphatic rings. The highest BCUT2D eigenvalue weighted by Crippen LogP contribution is 2.25. The number of amides is 1. The van der Waals surface area contributed by atoms with E-state index in [4.69, 9.17) is 4.74 Å². The number of rotatable bonds is 2. The van der Waals surface area contributed by atoms with E-state index in [1.165, 1.54) is 6.42 Å². The second-order valence-corrected chi connectivity index (χ2v) is 6.44. The number of thiazole rings is 1. The van der Waals surface area contributed by atoms with Gasteiger partial charge < -0.3 is 4.74 Å². The minimum atomic E-state index is -0.358. The molecule has 0 saturated heterocycles. The number of fused-ring (bicyclic) bond motifs is 1.